The topological polar surface area (TPSA) is 135 Å². The molecule has 0 saturated heterocycles. The molecule has 0 aliphatic carbocycles. The van der Waals surface area contributed by atoms with Crippen molar-refractivity contribution >= 4 is 59.9 Å². The minimum absolute atomic E-state index is 0.0396. The normalized spacial score (nSPS) is 12.0. The third kappa shape index (κ3) is 6.37. The second-order valence-corrected chi connectivity index (χ2v) is 14.4. The van der Waals surface area contributed by atoms with Crippen molar-refractivity contribution < 1.29 is 26.0 Å². The predicted molar refractivity (Wildman–Crippen MR) is 163 cm³/mol. The molecular formula is C29H22Cl2FN3O6S2. The van der Waals surface area contributed by atoms with E-state index in [-0.39, 0.29) is 44.5 Å². The Morgan fingerprint density at radius 2 is 1.72 bits per heavy atom. The van der Waals surface area contributed by atoms with Crippen molar-refractivity contribution in [3.63, 3.8) is 0 Å². The summed E-state index contributed by atoms with van der Waals surface area (Å²) in [6, 6.07) is 17.2. The molecule has 0 aliphatic heterocycles. The van der Waals surface area contributed by atoms with Gasteiger partial charge in [0.1, 0.15) is 16.4 Å². The van der Waals surface area contributed by atoms with E-state index in [2.05, 4.69) is 4.98 Å². The smallest absolute Gasteiger partial charge is 0.282 e. The highest BCUT2D eigenvalue weighted by Gasteiger charge is 2.30. The first-order valence-electron chi connectivity index (χ1n) is 12.5. The average molecular weight is 663 g/mol. The number of H-pyrrole nitrogens is 1. The Morgan fingerprint density at radius 1 is 0.977 bits per heavy atom. The van der Waals surface area contributed by atoms with Crippen LogP contribution in [-0.4, -0.2) is 38.5 Å². The number of carbonyl (C=O) groups excluding carboxylic acids is 1. The molecule has 0 bridgehead atoms. The van der Waals surface area contributed by atoms with Crippen molar-refractivity contribution in [2.45, 2.75) is 17.2 Å². The summed E-state index contributed by atoms with van der Waals surface area (Å²) in [5, 5.41) is 0.366. The largest absolute Gasteiger partial charge is 0.331 e. The van der Waals surface area contributed by atoms with E-state index in [1.54, 1.807) is 18.2 Å². The minimum atomic E-state index is -4.69. The Morgan fingerprint density at radius 3 is 2.42 bits per heavy atom. The average Bonchev–Trinajstić information content (AvgIpc) is 3.23. The van der Waals surface area contributed by atoms with Crippen LogP contribution >= 0.6 is 23.2 Å². The summed E-state index contributed by atoms with van der Waals surface area (Å²) in [6.07, 6.45) is 2.39. The van der Waals surface area contributed by atoms with Gasteiger partial charge in [0.25, 0.3) is 21.5 Å². The van der Waals surface area contributed by atoms with Gasteiger partial charge in [0.15, 0.2) is 9.84 Å². The van der Waals surface area contributed by atoms with Crippen molar-refractivity contribution in [3.05, 3.63) is 122 Å². The van der Waals surface area contributed by atoms with Crippen LogP contribution in [0.25, 0.3) is 22.0 Å². The molecule has 1 amide bonds. The minimum Gasteiger partial charge on any atom is -0.331 e. The monoisotopic (exact) mass is 661 g/mol. The first kappa shape index (κ1) is 30.5. The van der Waals surface area contributed by atoms with Crippen molar-refractivity contribution in [3.8, 4) is 11.1 Å². The van der Waals surface area contributed by atoms with Gasteiger partial charge in [0.05, 0.1) is 17.3 Å². The van der Waals surface area contributed by atoms with Crippen LogP contribution in [0.3, 0.4) is 0 Å². The van der Waals surface area contributed by atoms with Gasteiger partial charge in [0, 0.05) is 45.1 Å². The summed E-state index contributed by atoms with van der Waals surface area (Å²) >= 11 is 12.5. The molecule has 14 heteroatoms. The fourth-order valence-corrected chi connectivity index (χ4v) is 7.25. The summed E-state index contributed by atoms with van der Waals surface area (Å²) in [6.45, 7) is -0.205. The lowest BCUT2D eigenvalue weighted by molar-refractivity contribution is 0.0974. The fourth-order valence-electron chi connectivity index (χ4n) is 4.79. The van der Waals surface area contributed by atoms with E-state index in [1.165, 1.54) is 59.3 Å². The number of aromatic nitrogens is 2. The number of nitrogens with one attached hydrogen (secondary N) is 2. The number of benzene rings is 3. The van der Waals surface area contributed by atoms with Gasteiger partial charge in [-0.25, -0.2) is 25.9 Å². The van der Waals surface area contributed by atoms with E-state index in [1.807, 2.05) is 4.72 Å². The summed E-state index contributed by atoms with van der Waals surface area (Å²) in [4.78, 5) is 29.0. The van der Waals surface area contributed by atoms with Crippen LogP contribution in [0.4, 0.5) is 4.39 Å². The molecule has 222 valence electrons. The standard InChI is InChI=1S/C29H22Cl2FN3O6S2/c1-42(38,39)16-17-8-10-22(31)25(13-17)43(40,41)34-29(37)27-26(20-6-4-12-33-28(20)36)21-14-19(30)9-11-24(21)35(27)15-18-5-2-3-7-23(18)32/h2-14H,15-16H2,1H3,(H,33,36)(H,34,37). The second kappa shape index (κ2) is 11.6. The van der Waals surface area contributed by atoms with E-state index in [4.69, 9.17) is 23.2 Å². The maximum Gasteiger partial charge on any atom is 0.282 e. The number of pyridine rings is 1. The van der Waals surface area contributed by atoms with Gasteiger partial charge in [-0.15, -0.1) is 0 Å². The van der Waals surface area contributed by atoms with E-state index in [9.17, 15) is 30.8 Å². The quantitative estimate of drug-likeness (QED) is 0.236. The number of fused-ring (bicyclic) bond motifs is 1. The van der Waals surface area contributed by atoms with Gasteiger partial charge in [-0.05, 0) is 54.1 Å². The lowest BCUT2D eigenvalue weighted by Crippen LogP contribution is -2.33. The third-order valence-electron chi connectivity index (χ3n) is 6.56. The summed E-state index contributed by atoms with van der Waals surface area (Å²) in [5.74, 6) is -2.17. The molecule has 0 atom stereocenters. The number of hydrogen-bond donors (Lipinski definition) is 2. The lowest BCUT2D eigenvalue weighted by Gasteiger charge is -2.14. The van der Waals surface area contributed by atoms with Crippen molar-refractivity contribution in [1.82, 2.24) is 14.3 Å². The van der Waals surface area contributed by atoms with Gasteiger partial charge >= 0.3 is 0 Å². The Bertz CT molecular complexity index is 2200. The van der Waals surface area contributed by atoms with E-state index < -0.39 is 47.8 Å². The van der Waals surface area contributed by atoms with Crippen LogP contribution in [0.2, 0.25) is 10.0 Å². The number of carbonyl (C=O) groups is 1. The van der Waals surface area contributed by atoms with Crippen molar-refractivity contribution in [1.29, 1.82) is 0 Å². The van der Waals surface area contributed by atoms with Crippen molar-refractivity contribution in [2.75, 3.05) is 6.26 Å². The highest BCUT2D eigenvalue weighted by atomic mass is 35.5. The second-order valence-electron chi connectivity index (χ2n) is 9.75. The first-order valence-corrected chi connectivity index (χ1v) is 16.8. The number of nitrogens with zero attached hydrogens (tertiary/aromatic N) is 1. The molecule has 0 saturated carbocycles. The number of halogens is 3. The van der Waals surface area contributed by atoms with Gasteiger partial charge in [0.2, 0.25) is 0 Å². The highest BCUT2D eigenvalue weighted by Crippen LogP contribution is 2.36. The summed E-state index contributed by atoms with van der Waals surface area (Å²) in [5.41, 5.74) is -0.0133. The van der Waals surface area contributed by atoms with Gasteiger partial charge in [-0.3, -0.25) is 9.59 Å². The van der Waals surface area contributed by atoms with Crippen LogP contribution in [0.1, 0.15) is 21.6 Å². The predicted octanol–water partition coefficient (Wildman–Crippen LogP) is 5.15. The molecule has 0 aliphatic rings. The highest BCUT2D eigenvalue weighted by molar-refractivity contribution is 7.90. The third-order valence-corrected chi connectivity index (χ3v) is 9.46. The lowest BCUT2D eigenvalue weighted by atomic mass is 10.0. The Balaban J connectivity index is 1.73. The molecule has 0 fully saturated rings. The number of sulfonamides is 1. The fraction of sp³-hybridized carbons (Fsp3) is 0.103. The Labute approximate surface area is 255 Å². The van der Waals surface area contributed by atoms with E-state index in [0.717, 1.165) is 12.3 Å². The summed E-state index contributed by atoms with van der Waals surface area (Å²) < 4.78 is 68.9. The molecule has 0 spiro atoms. The van der Waals surface area contributed by atoms with Crippen LogP contribution in [0, 0.1) is 5.82 Å². The number of amides is 1. The Kier molecular flexibility index (Phi) is 8.23. The molecule has 5 rings (SSSR count). The molecule has 0 radical (unpaired) electrons. The number of hydrogen-bond acceptors (Lipinski definition) is 6. The maximum atomic E-state index is 14.8. The molecular weight excluding hydrogens is 640 g/mol. The maximum absolute atomic E-state index is 14.8. The van der Waals surface area contributed by atoms with Crippen LogP contribution in [-0.2, 0) is 32.2 Å². The molecule has 2 aromatic heterocycles. The number of rotatable bonds is 8. The summed E-state index contributed by atoms with van der Waals surface area (Å²) in [7, 11) is -8.21. The Hall–Kier alpha value is -3.97. The van der Waals surface area contributed by atoms with Gasteiger partial charge in [-0.1, -0.05) is 47.5 Å². The molecule has 0 unspecified atom stereocenters. The molecule has 43 heavy (non-hydrogen) atoms. The molecule has 5 aromatic rings. The number of sulfone groups is 1. The van der Waals surface area contributed by atoms with Crippen molar-refractivity contribution in [2.24, 2.45) is 0 Å². The molecule has 3 aromatic carbocycles. The number of aromatic amines is 1. The van der Waals surface area contributed by atoms with E-state index in [0.29, 0.717) is 10.9 Å². The van der Waals surface area contributed by atoms with Crippen LogP contribution in [0.15, 0.2) is 88.7 Å². The molecule has 2 heterocycles. The van der Waals surface area contributed by atoms with Crippen LogP contribution in [0.5, 0.6) is 0 Å². The zero-order valence-corrected chi connectivity index (χ0v) is 25.4. The van der Waals surface area contributed by atoms with Crippen LogP contribution < -0.4 is 10.3 Å². The van der Waals surface area contributed by atoms with Gasteiger partial charge in [-0.2, -0.15) is 0 Å². The molecule has 2 N–H and O–H groups in total. The SMILES string of the molecule is CS(=O)(=O)Cc1ccc(Cl)c(S(=O)(=O)NC(=O)c2c(-c3ccc[nH]c3=O)c3cc(Cl)ccc3n2Cc2ccccc2F)c1. The zero-order chi connectivity index (χ0) is 31.1. The van der Waals surface area contributed by atoms with Gasteiger partial charge < -0.3 is 9.55 Å². The molecule has 9 nitrogen and oxygen atoms in total. The zero-order valence-electron chi connectivity index (χ0n) is 22.3. The van der Waals surface area contributed by atoms with E-state index >= 15 is 0 Å². The first-order chi connectivity index (χ1) is 20.2.